The molecule has 166 valence electrons. The highest BCUT2D eigenvalue weighted by Crippen LogP contribution is 2.36. The zero-order valence-electron chi connectivity index (χ0n) is 16.3. The summed E-state index contributed by atoms with van der Waals surface area (Å²) in [5.74, 6) is -0.110. The summed E-state index contributed by atoms with van der Waals surface area (Å²) in [6.45, 7) is 3.46. The topological polar surface area (TPSA) is 105 Å². The normalized spacial score (nSPS) is 25.7. The third-order valence-corrected chi connectivity index (χ3v) is 5.54. The average molecular weight is 430 g/mol. The number of carbonyl (C=O) groups excluding carboxylic acids is 1. The van der Waals surface area contributed by atoms with Gasteiger partial charge in [-0.2, -0.15) is 13.2 Å². The number of anilines is 1. The highest BCUT2D eigenvalue weighted by atomic mass is 19.4. The minimum absolute atomic E-state index is 0.0815. The molecule has 1 aliphatic carbocycles. The fourth-order valence-corrected chi connectivity index (χ4v) is 3.77. The van der Waals surface area contributed by atoms with E-state index >= 15 is 0 Å². The number of piperidine rings is 1. The number of aliphatic carboxylic acids is 1. The van der Waals surface area contributed by atoms with Gasteiger partial charge in [-0.15, -0.1) is 0 Å². The summed E-state index contributed by atoms with van der Waals surface area (Å²) in [5, 5.41) is 10.2. The van der Waals surface area contributed by atoms with E-state index in [1.54, 1.807) is 12.4 Å². The van der Waals surface area contributed by atoms with Crippen molar-refractivity contribution in [2.24, 2.45) is 17.8 Å². The molecule has 0 bridgehead atoms. The summed E-state index contributed by atoms with van der Waals surface area (Å²) in [5.41, 5.74) is 0. The molecular weight excluding hydrogens is 405 g/mol. The summed E-state index contributed by atoms with van der Waals surface area (Å²) in [7, 11) is 0. The van der Waals surface area contributed by atoms with Crippen molar-refractivity contribution in [3.63, 3.8) is 0 Å². The molecule has 1 aromatic heterocycles. The number of amides is 1. The van der Waals surface area contributed by atoms with Crippen molar-refractivity contribution in [2.45, 2.75) is 38.0 Å². The van der Waals surface area contributed by atoms with Crippen molar-refractivity contribution in [3.05, 3.63) is 18.5 Å². The van der Waals surface area contributed by atoms with Gasteiger partial charge in [0, 0.05) is 37.9 Å². The highest BCUT2D eigenvalue weighted by molar-refractivity contribution is 5.76. The Labute approximate surface area is 171 Å². The Bertz CT molecular complexity index is 730. The van der Waals surface area contributed by atoms with Crippen LogP contribution in [0.3, 0.4) is 0 Å². The van der Waals surface area contributed by atoms with Crippen molar-refractivity contribution in [1.29, 1.82) is 0 Å². The van der Waals surface area contributed by atoms with Crippen LogP contribution in [0.25, 0.3) is 0 Å². The molecule has 3 atom stereocenters. The summed E-state index contributed by atoms with van der Waals surface area (Å²) in [6, 6.07) is 1.84. The maximum Gasteiger partial charge on any atom is 0.490 e. The number of rotatable bonds is 5. The molecular formula is C19H25F3N4O4. The van der Waals surface area contributed by atoms with E-state index in [2.05, 4.69) is 20.2 Å². The van der Waals surface area contributed by atoms with Crippen molar-refractivity contribution in [2.75, 3.05) is 31.1 Å². The monoisotopic (exact) mass is 430 g/mol. The predicted octanol–water partition coefficient (Wildman–Crippen LogP) is 1.87. The molecule has 2 N–H and O–H groups in total. The fraction of sp³-hybridized carbons (Fsp3) is 0.684. The van der Waals surface area contributed by atoms with Gasteiger partial charge in [0.05, 0.1) is 19.1 Å². The van der Waals surface area contributed by atoms with Crippen LogP contribution < -0.4 is 10.2 Å². The molecule has 0 spiro atoms. The third kappa shape index (κ3) is 6.28. The molecule has 0 radical (unpaired) electrons. The lowest BCUT2D eigenvalue weighted by atomic mass is 9.83. The second kappa shape index (κ2) is 9.59. The Hall–Kier alpha value is -2.43. The lowest BCUT2D eigenvalue weighted by Gasteiger charge is -2.35. The van der Waals surface area contributed by atoms with E-state index in [1.807, 2.05) is 6.07 Å². The first-order chi connectivity index (χ1) is 14.2. The summed E-state index contributed by atoms with van der Waals surface area (Å²) >= 11 is 0. The van der Waals surface area contributed by atoms with Crippen LogP contribution in [-0.4, -0.2) is 65.5 Å². The van der Waals surface area contributed by atoms with Gasteiger partial charge < -0.3 is 20.1 Å². The van der Waals surface area contributed by atoms with E-state index in [1.165, 1.54) is 12.8 Å². The first-order valence-corrected chi connectivity index (χ1v) is 9.94. The molecule has 8 nitrogen and oxygen atoms in total. The molecule has 30 heavy (non-hydrogen) atoms. The Morgan fingerprint density at radius 2 is 1.90 bits per heavy atom. The molecule has 1 amide bonds. The molecule has 0 aromatic carbocycles. The molecule has 1 saturated carbocycles. The Morgan fingerprint density at radius 3 is 2.50 bits per heavy atom. The van der Waals surface area contributed by atoms with Crippen molar-refractivity contribution in [3.8, 4) is 0 Å². The van der Waals surface area contributed by atoms with Crippen LogP contribution in [0.1, 0.15) is 25.7 Å². The molecule has 3 aliphatic rings. The Kier molecular flexibility index (Phi) is 7.11. The van der Waals surface area contributed by atoms with Gasteiger partial charge in [-0.05, 0) is 37.2 Å². The minimum atomic E-state index is -5.08. The molecule has 11 heteroatoms. The lowest BCUT2D eigenvalue weighted by Crippen LogP contribution is -2.43. The summed E-state index contributed by atoms with van der Waals surface area (Å²) in [4.78, 5) is 31.9. The molecule has 2 saturated heterocycles. The number of carboxylic acids is 1. The van der Waals surface area contributed by atoms with Crippen molar-refractivity contribution < 1.29 is 32.6 Å². The van der Waals surface area contributed by atoms with E-state index < -0.39 is 12.1 Å². The number of aromatic nitrogens is 2. The fourth-order valence-electron chi connectivity index (χ4n) is 3.77. The number of carboxylic acid groups (broad SMARTS) is 1. The zero-order chi connectivity index (χ0) is 21.7. The van der Waals surface area contributed by atoms with Gasteiger partial charge in [0.25, 0.3) is 0 Å². The number of hydrogen-bond acceptors (Lipinski definition) is 6. The maximum atomic E-state index is 12.1. The molecule has 2 aliphatic heterocycles. The first kappa shape index (κ1) is 22.3. The minimum Gasteiger partial charge on any atom is -0.475 e. The predicted molar refractivity (Wildman–Crippen MR) is 99.6 cm³/mol. The number of nitrogens with zero attached hydrogens (tertiary/aromatic N) is 3. The lowest BCUT2D eigenvalue weighted by molar-refractivity contribution is -0.192. The van der Waals surface area contributed by atoms with Gasteiger partial charge in [0.2, 0.25) is 11.9 Å². The number of nitrogens with one attached hydrogen (secondary N) is 1. The molecule has 1 aromatic rings. The number of ether oxygens (including phenoxy) is 1. The number of fused-ring (bicyclic) bond motifs is 1. The second-order valence-corrected chi connectivity index (χ2v) is 7.83. The largest absolute Gasteiger partial charge is 0.490 e. The van der Waals surface area contributed by atoms with Gasteiger partial charge in [0.15, 0.2) is 0 Å². The van der Waals surface area contributed by atoms with Crippen LogP contribution >= 0.6 is 0 Å². The SMILES string of the molecule is O=C(C[C@H]1OC[C@H]2CN(c3ncccn3)CC[C@H]21)NCC1CC1.O=C(O)C(F)(F)F. The first-order valence-electron chi connectivity index (χ1n) is 9.94. The summed E-state index contributed by atoms with van der Waals surface area (Å²) in [6.07, 6.45) is 2.65. The molecule has 0 unspecified atom stereocenters. The van der Waals surface area contributed by atoms with Crippen LogP contribution in [0.15, 0.2) is 18.5 Å². The second-order valence-electron chi connectivity index (χ2n) is 7.83. The van der Waals surface area contributed by atoms with Crippen LogP contribution in [0, 0.1) is 17.8 Å². The van der Waals surface area contributed by atoms with E-state index in [9.17, 15) is 18.0 Å². The highest BCUT2D eigenvalue weighted by Gasteiger charge is 2.42. The number of alkyl halides is 3. The van der Waals surface area contributed by atoms with Gasteiger partial charge in [-0.3, -0.25) is 4.79 Å². The maximum absolute atomic E-state index is 12.1. The van der Waals surface area contributed by atoms with Gasteiger partial charge in [0.1, 0.15) is 0 Å². The quantitative estimate of drug-likeness (QED) is 0.735. The smallest absolute Gasteiger partial charge is 0.475 e. The number of halogens is 3. The molecule has 4 rings (SSSR count). The zero-order valence-corrected chi connectivity index (χ0v) is 16.3. The van der Waals surface area contributed by atoms with Gasteiger partial charge in [-0.25, -0.2) is 14.8 Å². The summed E-state index contributed by atoms with van der Waals surface area (Å²) < 4.78 is 37.7. The third-order valence-electron chi connectivity index (χ3n) is 5.54. The van der Waals surface area contributed by atoms with E-state index in [0.29, 0.717) is 18.3 Å². The Morgan fingerprint density at radius 1 is 1.23 bits per heavy atom. The van der Waals surface area contributed by atoms with Crippen LogP contribution in [0.4, 0.5) is 19.1 Å². The van der Waals surface area contributed by atoms with Gasteiger partial charge >= 0.3 is 12.1 Å². The van der Waals surface area contributed by atoms with E-state index in [-0.39, 0.29) is 12.0 Å². The van der Waals surface area contributed by atoms with Gasteiger partial charge in [-0.1, -0.05) is 0 Å². The van der Waals surface area contributed by atoms with Crippen LogP contribution in [0.2, 0.25) is 0 Å². The number of hydrogen-bond donors (Lipinski definition) is 2. The molecule has 3 heterocycles. The average Bonchev–Trinajstić information content (AvgIpc) is 3.47. The van der Waals surface area contributed by atoms with Crippen molar-refractivity contribution in [1.82, 2.24) is 15.3 Å². The van der Waals surface area contributed by atoms with Crippen LogP contribution in [-0.2, 0) is 14.3 Å². The number of carbonyl (C=O) groups is 2. The Balaban J connectivity index is 0.000000318. The van der Waals surface area contributed by atoms with Crippen molar-refractivity contribution >= 4 is 17.8 Å². The van der Waals surface area contributed by atoms with E-state index in [0.717, 1.165) is 44.5 Å². The molecule has 3 fully saturated rings. The standard InChI is InChI=1S/C17H24N4O2.C2HF3O2/c22-16(20-9-12-2-3-12)8-15-14-4-7-21(10-13(14)11-23-15)17-18-5-1-6-19-17;3-2(4,5)1(6)7/h1,5-6,12-15H,2-4,7-11H2,(H,20,22);(H,6,7)/t13-,14-,15-;/m1./s1. The van der Waals surface area contributed by atoms with E-state index in [4.69, 9.17) is 14.6 Å². The van der Waals surface area contributed by atoms with Crippen LogP contribution in [0.5, 0.6) is 0 Å².